The number of Topliss-reactive ketones (excluding diaryl/α,β-unsaturated/α-hetero) is 1. The summed E-state index contributed by atoms with van der Waals surface area (Å²) in [5, 5.41) is 1.70. The second-order valence-corrected chi connectivity index (χ2v) is 14.7. The molecular weight excluding hydrogens is 610 g/mol. The number of ether oxygens (including phenoxy) is 3. The van der Waals surface area contributed by atoms with Crippen LogP contribution < -0.4 is 10.3 Å². The average molecular weight is 658 g/mol. The molecule has 2 aromatic rings. The third kappa shape index (κ3) is 9.77. The second-order valence-electron chi connectivity index (χ2n) is 14.3. The molecule has 11 heteroatoms. The van der Waals surface area contributed by atoms with Gasteiger partial charge in [-0.25, -0.2) is 15.2 Å². The molecule has 1 N–H and O–H groups in total. The number of benzene rings is 2. The van der Waals surface area contributed by atoms with Gasteiger partial charge in [0.2, 0.25) is 0 Å². The van der Waals surface area contributed by atoms with Crippen LogP contribution in [-0.2, 0) is 35.1 Å². The summed E-state index contributed by atoms with van der Waals surface area (Å²) in [5.74, 6) is -2.05. The number of carbonyl (C=O) groups excluding carboxylic acids is 4. The number of nitrogens with zero attached hydrogens (tertiary/aromatic N) is 2. The molecule has 2 amide bonds. The molecular formula is C35H48ClN3O7. The first-order chi connectivity index (χ1) is 21.3. The largest absolute Gasteiger partial charge is 0.468 e. The van der Waals surface area contributed by atoms with Gasteiger partial charge in [-0.2, -0.15) is 0 Å². The Labute approximate surface area is 277 Å². The standard InChI is InChI=1S/C35H48ClN3O7/c1-21(2)29(22(3)40)30(32(42)44-10)37-39(33(43)46-35(7,8)9)18-23-12-11-13-24(16-23)31-26-17-25(36)14-15-27(26)38(20-34(4,5)6)28(41)19-45-31/h11-17,21,29-31,37H,18-20H2,1-10H3/t29-,30-,31+/m0/s1. The van der Waals surface area contributed by atoms with Gasteiger partial charge in [-0.3, -0.25) is 14.4 Å². The minimum atomic E-state index is -1.14. The van der Waals surface area contributed by atoms with Crippen LogP contribution in [0.25, 0.3) is 0 Å². The van der Waals surface area contributed by atoms with E-state index in [1.807, 2.05) is 50.2 Å². The average Bonchev–Trinajstić information content (AvgIpc) is 3.05. The fraction of sp³-hybridized carbons (Fsp3) is 0.543. The zero-order chi connectivity index (χ0) is 34.6. The van der Waals surface area contributed by atoms with Crippen molar-refractivity contribution in [2.24, 2.45) is 17.3 Å². The first-order valence-electron chi connectivity index (χ1n) is 15.5. The van der Waals surface area contributed by atoms with Gasteiger partial charge in [-0.1, -0.05) is 70.5 Å². The highest BCUT2D eigenvalue weighted by Crippen LogP contribution is 2.39. The predicted molar refractivity (Wildman–Crippen MR) is 177 cm³/mol. The van der Waals surface area contributed by atoms with Crippen LogP contribution in [0, 0.1) is 17.3 Å². The van der Waals surface area contributed by atoms with Crippen molar-refractivity contribution in [2.45, 2.75) is 86.6 Å². The lowest BCUT2D eigenvalue weighted by Crippen LogP contribution is -2.57. The van der Waals surface area contributed by atoms with E-state index in [1.54, 1.807) is 31.7 Å². The van der Waals surface area contributed by atoms with Gasteiger partial charge >= 0.3 is 12.1 Å². The smallest absolute Gasteiger partial charge is 0.425 e. The van der Waals surface area contributed by atoms with Crippen molar-refractivity contribution in [3.8, 4) is 0 Å². The highest BCUT2D eigenvalue weighted by Gasteiger charge is 2.38. The zero-order valence-corrected chi connectivity index (χ0v) is 29.4. The van der Waals surface area contributed by atoms with Gasteiger partial charge in [0.15, 0.2) is 0 Å². The number of esters is 1. The van der Waals surface area contributed by atoms with E-state index in [9.17, 15) is 19.2 Å². The number of halogens is 1. The molecule has 0 saturated heterocycles. The number of methoxy groups -OCH3 is 1. The summed E-state index contributed by atoms with van der Waals surface area (Å²) >= 11 is 6.46. The van der Waals surface area contributed by atoms with Crippen molar-refractivity contribution in [1.82, 2.24) is 10.4 Å². The Morgan fingerprint density at radius 1 is 1.09 bits per heavy atom. The van der Waals surface area contributed by atoms with Gasteiger partial charge < -0.3 is 19.1 Å². The van der Waals surface area contributed by atoms with Gasteiger partial charge in [-0.05, 0) is 68.4 Å². The lowest BCUT2D eigenvalue weighted by Gasteiger charge is -2.34. The first kappa shape index (κ1) is 37.0. The summed E-state index contributed by atoms with van der Waals surface area (Å²) in [5.41, 5.74) is 4.85. The zero-order valence-electron chi connectivity index (χ0n) is 28.6. The number of carbonyl (C=O) groups is 4. The monoisotopic (exact) mass is 657 g/mol. The summed E-state index contributed by atoms with van der Waals surface area (Å²) in [6.45, 7) is 16.8. The number of anilines is 1. The molecule has 0 bridgehead atoms. The van der Waals surface area contributed by atoms with Crippen LogP contribution in [0.1, 0.15) is 85.1 Å². The van der Waals surface area contributed by atoms with Gasteiger partial charge in [0.05, 0.1) is 13.7 Å². The van der Waals surface area contributed by atoms with Crippen molar-refractivity contribution in [3.63, 3.8) is 0 Å². The van der Waals surface area contributed by atoms with Gasteiger partial charge in [-0.15, -0.1) is 0 Å². The fourth-order valence-corrected chi connectivity index (χ4v) is 5.72. The Kier molecular flexibility index (Phi) is 12.0. The normalized spacial score (nSPS) is 16.7. The van der Waals surface area contributed by atoms with Crippen LogP contribution in [0.4, 0.5) is 10.5 Å². The number of rotatable bonds is 10. The Hall–Kier alpha value is -3.47. The topological polar surface area (TPSA) is 114 Å². The Morgan fingerprint density at radius 3 is 2.33 bits per heavy atom. The summed E-state index contributed by atoms with van der Waals surface area (Å²) in [7, 11) is 1.24. The summed E-state index contributed by atoms with van der Waals surface area (Å²) < 4.78 is 16.9. The maximum atomic E-state index is 13.5. The number of nitrogens with one attached hydrogen (secondary N) is 1. The minimum absolute atomic E-state index is 0.0246. The van der Waals surface area contributed by atoms with Crippen molar-refractivity contribution < 1.29 is 33.4 Å². The van der Waals surface area contributed by atoms with E-state index < -0.39 is 35.7 Å². The van der Waals surface area contributed by atoms with Crippen LogP contribution in [0.15, 0.2) is 42.5 Å². The Balaban J connectivity index is 2.05. The van der Waals surface area contributed by atoms with E-state index >= 15 is 0 Å². The second kappa shape index (κ2) is 15.0. The molecule has 3 atom stereocenters. The molecule has 0 saturated carbocycles. The van der Waals surface area contributed by atoms with E-state index in [0.29, 0.717) is 17.1 Å². The molecule has 252 valence electrons. The number of amides is 2. The maximum absolute atomic E-state index is 13.5. The van der Waals surface area contributed by atoms with Crippen LogP contribution in [0.3, 0.4) is 0 Å². The van der Waals surface area contributed by atoms with Crippen LogP contribution in [0.5, 0.6) is 0 Å². The van der Waals surface area contributed by atoms with Crippen LogP contribution in [-0.4, -0.2) is 60.7 Å². The quantitative estimate of drug-likeness (QED) is 0.228. The molecule has 0 aliphatic carbocycles. The number of hydrazine groups is 1. The van der Waals surface area contributed by atoms with Gasteiger partial charge in [0.25, 0.3) is 5.91 Å². The molecule has 0 fully saturated rings. The van der Waals surface area contributed by atoms with Crippen LogP contribution >= 0.6 is 11.6 Å². The van der Waals surface area contributed by atoms with Crippen LogP contribution in [0.2, 0.25) is 5.02 Å². The van der Waals surface area contributed by atoms with E-state index in [0.717, 1.165) is 16.8 Å². The Morgan fingerprint density at radius 2 is 1.76 bits per heavy atom. The number of hydrogen-bond donors (Lipinski definition) is 1. The first-order valence-corrected chi connectivity index (χ1v) is 15.8. The summed E-state index contributed by atoms with van der Waals surface area (Å²) in [4.78, 5) is 54.2. The van der Waals surface area contributed by atoms with E-state index in [2.05, 4.69) is 26.2 Å². The summed E-state index contributed by atoms with van der Waals surface area (Å²) in [6, 6.07) is 11.7. The highest BCUT2D eigenvalue weighted by atomic mass is 35.5. The van der Waals surface area contributed by atoms with Gasteiger partial charge in [0, 0.05) is 28.7 Å². The lowest BCUT2D eigenvalue weighted by molar-refractivity contribution is -0.149. The van der Waals surface area contributed by atoms with E-state index in [1.165, 1.54) is 19.0 Å². The van der Waals surface area contributed by atoms with Gasteiger partial charge in [0.1, 0.15) is 30.1 Å². The molecule has 3 rings (SSSR count). The minimum Gasteiger partial charge on any atom is -0.468 e. The number of hydrogen-bond acceptors (Lipinski definition) is 8. The maximum Gasteiger partial charge on any atom is 0.425 e. The van der Waals surface area contributed by atoms with Crippen molar-refractivity contribution in [3.05, 3.63) is 64.2 Å². The fourth-order valence-electron chi connectivity index (χ4n) is 5.54. The molecule has 1 aliphatic heterocycles. The lowest BCUT2D eigenvalue weighted by atomic mass is 9.85. The molecule has 1 aliphatic rings. The molecule has 10 nitrogen and oxygen atoms in total. The van der Waals surface area contributed by atoms with Crippen molar-refractivity contribution in [2.75, 3.05) is 25.2 Å². The number of ketones is 1. The molecule has 46 heavy (non-hydrogen) atoms. The molecule has 0 spiro atoms. The molecule has 0 aromatic heterocycles. The SMILES string of the molecule is COC(=O)[C@@H](NN(Cc1cccc([C@H]2OCC(=O)N(CC(C)(C)C)c3ccc(Cl)cc32)c1)C(=O)OC(C)(C)C)[C@H](C(C)=O)C(C)C. The predicted octanol–water partition coefficient (Wildman–Crippen LogP) is 6.48. The molecule has 0 radical (unpaired) electrons. The highest BCUT2D eigenvalue weighted by molar-refractivity contribution is 6.30. The third-order valence-corrected chi connectivity index (χ3v) is 7.61. The summed E-state index contributed by atoms with van der Waals surface area (Å²) in [6.07, 6.45) is -1.36. The molecule has 0 unspecified atom stereocenters. The van der Waals surface area contributed by atoms with Crippen molar-refractivity contribution in [1.29, 1.82) is 0 Å². The Bertz CT molecular complexity index is 1430. The van der Waals surface area contributed by atoms with E-state index in [4.69, 9.17) is 25.8 Å². The van der Waals surface area contributed by atoms with E-state index in [-0.39, 0.29) is 36.2 Å². The number of fused-ring (bicyclic) bond motifs is 1. The molecule has 1 heterocycles. The third-order valence-electron chi connectivity index (χ3n) is 7.37. The van der Waals surface area contributed by atoms with Crippen molar-refractivity contribution >= 4 is 41.0 Å². The molecule has 2 aromatic carbocycles.